The highest BCUT2D eigenvalue weighted by Crippen LogP contribution is 2.61. The number of hydrogen-bond acceptors (Lipinski definition) is 9. The second-order valence-electron chi connectivity index (χ2n) is 19.6. The summed E-state index contributed by atoms with van der Waals surface area (Å²) in [7, 11) is 7.90. The summed E-state index contributed by atoms with van der Waals surface area (Å²) in [5, 5.41) is 30.0. The lowest BCUT2D eigenvalue weighted by atomic mass is 9.45. The van der Waals surface area contributed by atoms with E-state index in [0.29, 0.717) is 53.7 Å². The van der Waals surface area contributed by atoms with Gasteiger partial charge in [-0.1, -0.05) is 27.2 Å². The van der Waals surface area contributed by atoms with Gasteiger partial charge < -0.3 is 35.2 Å². The molecule has 54 heavy (non-hydrogen) atoms. The van der Waals surface area contributed by atoms with Gasteiger partial charge in [0, 0.05) is 57.1 Å². The van der Waals surface area contributed by atoms with Crippen molar-refractivity contribution in [2.24, 2.45) is 58.7 Å². The van der Waals surface area contributed by atoms with Crippen molar-refractivity contribution >= 4 is 11.8 Å². The molecular formula is C43H76N4O7. The molecule has 7 rings (SSSR count). The van der Waals surface area contributed by atoms with Crippen molar-refractivity contribution < 1.29 is 34.1 Å². The van der Waals surface area contributed by atoms with Crippen molar-refractivity contribution in [2.75, 3.05) is 48.0 Å². The molecule has 6 saturated carbocycles. The number of fused-ring (bicyclic) bond motifs is 2. The highest BCUT2D eigenvalue weighted by Gasteiger charge is 2.58. The number of ether oxygens (including phenoxy) is 2. The number of aliphatic hydroxyl groups excluding tert-OH is 2. The Morgan fingerprint density at radius 3 is 2.33 bits per heavy atom. The lowest BCUT2D eigenvalue weighted by molar-refractivity contribution is -0.193. The summed E-state index contributed by atoms with van der Waals surface area (Å²) in [6.07, 6.45) is 12.5. The Morgan fingerprint density at radius 2 is 1.72 bits per heavy atom. The highest BCUT2D eigenvalue weighted by atomic mass is 16.7. The maximum Gasteiger partial charge on any atom is 0.240 e. The number of carbonyl (C=O) groups excluding carboxylic acids is 2. The minimum Gasteiger partial charge on any atom is -0.394 e. The number of methoxy groups -OCH3 is 2. The van der Waals surface area contributed by atoms with Gasteiger partial charge in [-0.25, -0.2) is 0 Å². The van der Waals surface area contributed by atoms with Gasteiger partial charge in [0.05, 0.1) is 24.9 Å². The van der Waals surface area contributed by atoms with Gasteiger partial charge in [0.1, 0.15) is 12.1 Å². The second kappa shape index (κ2) is 18.1. The van der Waals surface area contributed by atoms with Gasteiger partial charge in [-0.3, -0.25) is 14.4 Å². The van der Waals surface area contributed by atoms with Gasteiger partial charge in [-0.2, -0.15) is 5.06 Å². The number of nitrogens with zero attached hydrogens (tertiary/aromatic N) is 2. The minimum absolute atomic E-state index is 0.0239. The van der Waals surface area contributed by atoms with Crippen LogP contribution in [0.3, 0.4) is 0 Å². The number of carbonyl (C=O) groups is 2. The number of aliphatic hydroxyl groups is 2. The zero-order valence-electron chi connectivity index (χ0n) is 34.9. The average Bonchev–Trinajstić information content (AvgIpc) is 3.54. The van der Waals surface area contributed by atoms with Crippen LogP contribution in [-0.2, 0) is 23.9 Å². The van der Waals surface area contributed by atoms with Crippen molar-refractivity contribution in [1.29, 1.82) is 0 Å². The van der Waals surface area contributed by atoms with Crippen molar-refractivity contribution in [3.8, 4) is 0 Å². The molecule has 310 valence electrons. The first-order valence-electron chi connectivity index (χ1n) is 21.8. The van der Waals surface area contributed by atoms with Gasteiger partial charge in [0.2, 0.25) is 11.8 Å². The first kappa shape index (κ1) is 42.3. The molecule has 2 amide bonds. The van der Waals surface area contributed by atoms with E-state index in [9.17, 15) is 19.8 Å². The lowest BCUT2D eigenvalue weighted by Crippen LogP contribution is -2.62. The largest absolute Gasteiger partial charge is 0.394 e. The molecule has 7 aliphatic rings. The Hall–Kier alpha value is -1.34. The molecule has 1 heterocycles. The Balaban J connectivity index is 1.11. The fourth-order valence-electron chi connectivity index (χ4n) is 12.6. The van der Waals surface area contributed by atoms with Crippen LogP contribution >= 0.6 is 0 Å². The predicted octanol–water partition coefficient (Wildman–Crippen LogP) is 4.64. The summed E-state index contributed by atoms with van der Waals surface area (Å²) in [6, 6.07) is -0.274. The number of amides is 2. The molecule has 7 fully saturated rings. The monoisotopic (exact) mass is 761 g/mol. The first-order chi connectivity index (χ1) is 25.8. The molecule has 11 nitrogen and oxygen atoms in total. The fourth-order valence-corrected chi connectivity index (χ4v) is 12.6. The summed E-state index contributed by atoms with van der Waals surface area (Å²) in [5.41, 5.74) is 0.318. The van der Waals surface area contributed by atoms with E-state index in [0.717, 1.165) is 70.8 Å². The molecule has 11 heteroatoms. The normalized spacial score (nSPS) is 43.0. The van der Waals surface area contributed by atoms with E-state index in [1.54, 1.807) is 12.0 Å². The maximum absolute atomic E-state index is 14.3. The molecule has 6 unspecified atom stereocenters. The predicted molar refractivity (Wildman–Crippen MR) is 209 cm³/mol. The van der Waals surface area contributed by atoms with E-state index >= 15 is 0 Å². The minimum atomic E-state index is -0.824. The molecule has 0 aromatic carbocycles. The molecule has 1 aliphatic heterocycles. The fraction of sp³-hybridized carbons (Fsp3) is 0.953. The van der Waals surface area contributed by atoms with Crippen LogP contribution in [0.25, 0.3) is 0 Å². The molecule has 0 aromatic rings. The molecule has 2 bridgehead atoms. The lowest BCUT2D eigenvalue weighted by Gasteiger charge is -2.62. The molecule has 1 saturated heterocycles. The molecule has 0 aromatic heterocycles. The van der Waals surface area contributed by atoms with Crippen LogP contribution < -0.4 is 10.6 Å². The van der Waals surface area contributed by atoms with Crippen LogP contribution in [0, 0.1) is 58.7 Å². The summed E-state index contributed by atoms with van der Waals surface area (Å²) in [4.78, 5) is 36.8. The van der Waals surface area contributed by atoms with Crippen LogP contribution in [0.2, 0.25) is 0 Å². The van der Waals surface area contributed by atoms with E-state index in [2.05, 4.69) is 50.4 Å². The topological polar surface area (TPSA) is 133 Å². The third-order valence-corrected chi connectivity index (χ3v) is 16.2. The van der Waals surface area contributed by atoms with Crippen molar-refractivity contribution in [3.63, 3.8) is 0 Å². The Kier molecular flexibility index (Phi) is 14.1. The van der Waals surface area contributed by atoms with Crippen LogP contribution in [-0.4, -0.2) is 123 Å². The summed E-state index contributed by atoms with van der Waals surface area (Å²) >= 11 is 0. The zero-order valence-corrected chi connectivity index (χ0v) is 34.9. The van der Waals surface area contributed by atoms with Crippen molar-refractivity contribution in [3.05, 3.63) is 0 Å². The second-order valence-corrected chi connectivity index (χ2v) is 19.6. The van der Waals surface area contributed by atoms with Gasteiger partial charge in [0.25, 0.3) is 0 Å². The zero-order chi connectivity index (χ0) is 38.9. The van der Waals surface area contributed by atoms with E-state index in [-0.39, 0.29) is 48.3 Å². The van der Waals surface area contributed by atoms with E-state index < -0.39 is 24.2 Å². The molecule has 0 spiro atoms. The van der Waals surface area contributed by atoms with Gasteiger partial charge in [0.15, 0.2) is 0 Å². The number of hydroxylamine groups is 2. The third kappa shape index (κ3) is 8.87. The quantitative estimate of drug-likeness (QED) is 0.200. The van der Waals surface area contributed by atoms with Gasteiger partial charge in [-0.15, -0.1) is 0 Å². The maximum atomic E-state index is 14.3. The van der Waals surface area contributed by atoms with E-state index in [1.807, 2.05) is 14.2 Å². The Bertz CT molecular complexity index is 1240. The Labute approximate surface area is 326 Å². The van der Waals surface area contributed by atoms with Gasteiger partial charge >= 0.3 is 0 Å². The summed E-state index contributed by atoms with van der Waals surface area (Å²) in [5.74, 6) is 2.53. The molecule has 0 radical (unpaired) electrons. The Morgan fingerprint density at radius 1 is 0.981 bits per heavy atom. The standard InChI is InChI=1S/C43H76N4O7/c1-25-35-21-31(43(35,3)4)22-36(25)45-42(51)39-38(26(2)49)37(24-48)54-47(39)23-28-10-9-11-34(40(28)53-8)29-18-30(20-32(19-29)46(5)6)41(50)44-17-16-27-12-14-33(52-7)15-13-27/h25-40,48-49H,9-24H2,1-8H3,(H,44,50)(H,45,51)/t25-,26-,27?,28?,29?,30?,31+,32?,33?,34?,35-,36-,37-,38+,39-,40?/m0/s1. The average molecular weight is 761 g/mol. The van der Waals surface area contributed by atoms with Crippen LogP contribution in [0.15, 0.2) is 0 Å². The molecular weight excluding hydrogens is 684 g/mol. The molecule has 6 aliphatic carbocycles. The number of nitrogens with one attached hydrogen (secondary N) is 2. The van der Waals surface area contributed by atoms with Crippen LogP contribution in [0.5, 0.6) is 0 Å². The molecule has 14 atom stereocenters. The van der Waals surface area contributed by atoms with E-state index in [4.69, 9.17) is 14.3 Å². The van der Waals surface area contributed by atoms with Gasteiger partial charge in [-0.05, 0) is 139 Å². The van der Waals surface area contributed by atoms with E-state index in [1.165, 1.54) is 19.3 Å². The van der Waals surface area contributed by atoms with Crippen molar-refractivity contribution in [2.45, 2.75) is 154 Å². The summed E-state index contributed by atoms with van der Waals surface area (Å²) < 4.78 is 12.0. The first-order valence-corrected chi connectivity index (χ1v) is 21.8. The smallest absolute Gasteiger partial charge is 0.240 e. The third-order valence-electron chi connectivity index (χ3n) is 16.2. The van der Waals surface area contributed by atoms with Crippen LogP contribution in [0.1, 0.15) is 111 Å². The highest BCUT2D eigenvalue weighted by molar-refractivity contribution is 5.83. The number of hydrogen-bond donors (Lipinski definition) is 4. The summed E-state index contributed by atoms with van der Waals surface area (Å²) in [6.45, 7) is 9.69. The molecule has 4 N–H and O–H groups in total. The number of rotatable bonds is 14. The SMILES string of the molecule is COC1CCC(CCNC(=O)C2CC(C3CCCC(CN4O[C@@H](CO)[C@@H]([C@H](C)O)[C@H]4C(=O)N[C@H]4C[C@H]5C[C@@H]([C@@H]4C)C5(C)C)C3OC)CC(N(C)C)C2)CC1. The van der Waals surface area contributed by atoms with Crippen molar-refractivity contribution in [1.82, 2.24) is 20.6 Å². The van der Waals surface area contributed by atoms with Crippen LogP contribution in [0.4, 0.5) is 0 Å².